The first-order chi connectivity index (χ1) is 8.08. The number of pyridine rings is 1. The highest BCUT2D eigenvalue weighted by molar-refractivity contribution is 9.11. The smallest absolute Gasteiger partial charge is 0.0743 e. The molecule has 0 spiro atoms. The second-order valence-corrected chi connectivity index (χ2v) is 5.66. The van der Waals surface area contributed by atoms with Crippen LogP contribution in [0.5, 0.6) is 0 Å². The van der Waals surface area contributed by atoms with Crippen LogP contribution >= 0.6 is 31.9 Å². The van der Waals surface area contributed by atoms with E-state index < -0.39 is 0 Å². The monoisotopic (exact) mass is 355 g/mol. The van der Waals surface area contributed by atoms with Gasteiger partial charge in [-0.15, -0.1) is 0 Å². The van der Waals surface area contributed by atoms with Gasteiger partial charge < -0.3 is 11.1 Å². The van der Waals surface area contributed by atoms with Gasteiger partial charge in [-0.2, -0.15) is 0 Å². The van der Waals surface area contributed by atoms with Gasteiger partial charge in [0.15, 0.2) is 0 Å². The molecule has 0 radical (unpaired) electrons. The van der Waals surface area contributed by atoms with Crippen molar-refractivity contribution in [3.63, 3.8) is 0 Å². The fourth-order valence-electron chi connectivity index (χ4n) is 1.56. The number of nitrogens with zero attached hydrogens (tertiary/aromatic N) is 1. The zero-order valence-electron chi connectivity index (χ0n) is 9.00. The molecule has 0 saturated heterocycles. The van der Waals surface area contributed by atoms with Crippen LogP contribution in [0.4, 0.5) is 11.4 Å². The molecule has 5 heteroatoms. The average molecular weight is 357 g/mol. The number of nitrogens with one attached hydrogen (secondary N) is 1. The Labute approximate surface area is 116 Å². The Morgan fingerprint density at radius 3 is 2.94 bits per heavy atom. The molecule has 0 amide bonds. The van der Waals surface area contributed by atoms with Crippen molar-refractivity contribution in [2.75, 3.05) is 17.6 Å². The maximum Gasteiger partial charge on any atom is 0.0743 e. The van der Waals surface area contributed by atoms with Crippen LogP contribution in [0.2, 0.25) is 0 Å². The summed E-state index contributed by atoms with van der Waals surface area (Å²) in [6.45, 7) is 4.41. The Kier molecular flexibility index (Phi) is 3.69. The summed E-state index contributed by atoms with van der Waals surface area (Å²) in [5.74, 6) is 0. The van der Waals surface area contributed by atoms with Crippen molar-refractivity contribution in [1.29, 1.82) is 0 Å². The van der Waals surface area contributed by atoms with Gasteiger partial charge in [0.2, 0.25) is 0 Å². The maximum absolute atomic E-state index is 5.94. The fourth-order valence-corrected chi connectivity index (χ4v) is 2.06. The molecule has 1 aromatic heterocycles. The van der Waals surface area contributed by atoms with E-state index in [9.17, 15) is 0 Å². The van der Waals surface area contributed by atoms with Crippen molar-refractivity contribution >= 4 is 54.1 Å². The molecule has 0 atom stereocenters. The topological polar surface area (TPSA) is 50.9 Å². The van der Waals surface area contributed by atoms with Crippen molar-refractivity contribution in [1.82, 2.24) is 4.98 Å². The zero-order valence-corrected chi connectivity index (χ0v) is 12.2. The molecule has 0 unspecified atom stereocenters. The number of halogens is 2. The van der Waals surface area contributed by atoms with E-state index in [1.807, 2.05) is 18.2 Å². The third-order valence-corrected chi connectivity index (χ3v) is 3.09. The number of anilines is 2. The summed E-state index contributed by atoms with van der Waals surface area (Å²) >= 11 is 6.76. The van der Waals surface area contributed by atoms with Gasteiger partial charge in [0.25, 0.3) is 0 Å². The number of benzene rings is 1. The summed E-state index contributed by atoms with van der Waals surface area (Å²) in [4.78, 5) is 4.29. The molecule has 0 aliphatic rings. The van der Waals surface area contributed by atoms with E-state index in [0.29, 0.717) is 12.2 Å². The quantitative estimate of drug-likeness (QED) is 0.876. The lowest BCUT2D eigenvalue weighted by molar-refractivity contribution is 1.32. The molecule has 3 nitrogen and oxygen atoms in total. The number of hydrogen-bond acceptors (Lipinski definition) is 3. The summed E-state index contributed by atoms with van der Waals surface area (Å²) in [6.07, 6.45) is 1.66. The van der Waals surface area contributed by atoms with Crippen LogP contribution in [0.15, 0.2) is 39.9 Å². The van der Waals surface area contributed by atoms with Crippen molar-refractivity contribution in [3.8, 4) is 0 Å². The first kappa shape index (κ1) is 12.4. The van der Waals surface area contributed by atoms with Crippen molar-refractivity contribution in [2.45, 2.75) is 0 Å². The molecule has 0 fully saturated rings. The van der Waals surface area contributed by atoms with Gasteiger partial charge in [-0.25, -0.2) is 0 Å². The third-order valence-electron chi connectivity index (χ3n) is 2.32. The van der Waals surface area contributed by atoms with Gasteiger partial charge in [-0.3, -0.25) is 4.98 Å². The average Bonchev–Trinajstić information content (AvgIpc) is 2.27. The van der Waals surface area contributed by atoms with E-state index in [-0.39, 0.29) is 0 Å². The Bertz CT molecular complexity index is 576. The van der Waals surface area contributed by atoms with Gasteiger partial charge in [0.05, 0.1) is 23.1 Å². The highest BCUT2D eigenvalue weighted by atomic mass is 79.9. The number of rotatable bonds is 3. The Hall–Kier alpha value is -1.07. The lowest BCUT2D eigenvalue weighted by Gasteiger charge is -2.11. The number of nitrogens with two attached hydrogens (primary N) is 1. The largest absolute Gasteiger partial charge is 0.396 e. The summed E-state index contributed by atoms with van der Waals surface area (Å²) < 4.78 is 1.87. The summed E-state index contributed by atoms with van der Waals surface area (Å²) in [6, 6.07) is 5.91. The highest BCUT2D eigenvalue weighted by Crippen LogP contribution is 2.30. The first-order valence-corrected chi connectivity index (χ1v) is 6.57. The molecule has 0 aliphatic heterocycles. The highest BCUT2D eigenvalue weighted by Gasteiger charge is 2.06. The van der Waals surface area contributed by atoms with Crippen LogP contribution in [0.1, 0.15) is 0 Å². The summed E-state index contributed by atoms with van der Waals surface area (Å²) in [7, 11) is 0. The van der Waals surface area contributed by atoms with E-state index in [4.69, 9.17) is 5.73 Å². The SMILES string of the molecule is C=C(Br)CNc1c(N)cnc2ccc(Br)cc12. The third kappa shape index (κ3) is 2.79. The second kappa shape index (κ2) is 5.06. The van der Waals surface area contributed by atoms with Crippen LogP contribution in [0.25, 0.3) is 10.9 Å². The molecule has 2 aromatic rings. The van der Waals surface area contributed by atoms with E-state index in [0.717, 1.165) is 25.5 Å². The number of nitrogen functional groups attached to an aromatic ring is 1. The predicted molar refractivity (Wildman–Crippen MR) is 80.4 cm³/mol. The standard InChI is InChI=1S/C12H11Br2N3/c1-7(13)5-17-12-9-4-8(14)2-3-11(9)16-6-10(12)15/h2-4,6H,1,5,15H2,(H,16,17). The van der Waals surface area contributed by atoms with Gasteiger partial charge >= 0.3 is 0 Å². The van der Waals surface area contributed by atoms with Crippen molar-refractivity contribution in [2.24, 2.45) is 0 Å². The van der Waals surface area contributed by atoms with E-state index in [1.54, 1.807) is 6.20 Å². The van der Waals surface area contributed by atoms with Crippen LogP contribution in [0.3, 0.4) is 0 Å². The molecule has 2 rings (SSSR count). The van der Waals surface area contributed by atoms with Crippen molar-refractivity contribution in [3.05, 3.63) is 39.9 Å². The van der Waals surface area contributed by atoms with E-state index in [1.165, 1.54) is 0 Å². The second-order valence-electron chi connectivity index (χ2n) is 3.62. The Morgan fingerprint density at radius 2 is 2.24 bits per heavy atom. The number of aromatic nitrogens is 1. The molecule has 1 heterocycles. The molecule has 0 saturated carbocycles. The number of hydrogen-bond donors (Lipinski definition) is 2. The van der Waals surface area contributed by atoms with Crippen LogP contribution in [0, 0.1) is 0 Å². The zero-order chi connectivity index (χ0) is 12.4. The van der Waals surface area contributed by atoms with Gasteiger partial charge in [-0.05, 0) is 18.2 Å². The van der Waals surface area contributed by atoms with Gasteiger partial charge in [0.1, 0.15) is 0 Å². The fraction of sp³-hybridized carbons (Fsp3) is 0.0833. The molecule has 88 valence electrons. The predicted octanol–water partition coefficient (Wildman–Crippen LogP) is 3.90. The van der Waals surface area contributed by atoms with E-state index >= 15 is 0 Å². The minimum atomic E-state index is 0.621. The Balaban J connectivity index is 2.53. The lowest BCUT2D eigenvalue weighted by atomic mass is 10.1. The molecule has 17 heavy (non-hydrogen) atoms. The van der Waals surface area contributed by atoms with Gasteiger partial charge in [-0.1, -0.05) is 38.4 Å². The van der Waals surface area contributed by atoms with E-state index in [2.05, 4.69) is 48.7 Å². The minimum Gasteiger partial charge on any atom is -0.396 e. The Morgan fingerprint density at radius 1 is 1.47 bits per heavy atom. The first-order valence-electron chi connectivity index (χ1n) is 4.99. The molecular weight excluding hydrogens is 346 g/mol. The molecule has 1 aromatic carbocycles. The normalized spacial score (nSPS) is 10.5. The minimum absolute atomic E-state index is 0.621. The van der Waals surface area contributed by atoms with Crippen LogP contribution in [-0.2, 0) is 0 Å². The molecular formula is C12H11Br2N3. The summed E-state index contributed by atoms with van der Waals surface area (Å²) in [5.41, 5.74) is 8.36. The lowest BCUT2D eigenvalue weighted by Crippen LogP contribution is -2.05. The molecule has 0 bridgehead atoms. The van der Waals surface area contributed by atoms with Gasteiger partial charge in [0, 0.05) is 20.9 Å². The van der Waals surface area contributed by atoms with Crippen LogP contribution < -0.4 is 11.1 Å². The maximum atomic E-state index is 5.94. The molecule has 0 aliphatic carbocycles. The van der Waals surface area contributed by atoms with Crippen LogP contribution in [-0.4, -0.2) is 11.5 Å². The van der Waals surface area contributed by atoms with Crippen molar-refractivity contribution < 1.29 is 0 Å². The molecule has 3 N–H and O–H groups in total. The number of fused-ring (bicyclic) bond motifs is 1. The summed E-state index contributed by atoms with van der Waals surface area (Å²) in [5, 5.41) is 4.24.